The number of rotatable bonds is 16. The average molecular weight is 1190 g/mol. The maximum atomic E-state index is 5.14. The third kappa shape index (κ3) is 9.20. The molecule has 16 rings (SSSR count). The highest BCUT2D eigenvalue weighted by atomic mass is 15.2. The van der Waals surface area contributed by atoms with E-state index in [1.165, 1.54) is 0 Å². The highest BCUT2D eigenvalue weighted by Gasteiger charge is 2.33. The van der Waals surface area contributed by atoms with Crippen LogP contribution < -0.4 is 19.6 Å². The maximum absolute atomic E-state index is 5.14. The third-order valence-corrected chi connectivity index (χ3v) is 18.5. The van der Waals surface area contributed by atoms with Crippen LogP contribution in [0.4, 0.5) is 68.2 Å². The molecule has 92 heavy (non-hydrogen) atoms. The van der Waals surface area contributed by atoms with Gasteiger partial charge in [0, 0.05) is 101 Å². The molecule has 12 aromatic carbocycles. The maximum Gasteiger partial charge on any atom is 0.0723 e. The molecule has 0 spiro atoms. The Kier molecular flexibility index (Phi) is 14.2. The quantitative estimate of drug-likeness (QED) is 0.0887. The minimum atomic E-state index is 0.762. The van der Waals surface area contributed by atoms with Crippen molar-refractivity contribution in [3.8, 4) is 0 Å². The summed E-state index contributed by atoms with van der Waals surface area (Å²) in [5, 5.41) is 11.0. The Balaban J connectivity index is 1.16. The van der Waals surface area contributed by atoms with E-state index in [4.69, 9.17) is 19.9 Å². The van der Waals surface area contributed by atoms with Crippen LogP contribution >= 0.6 is 0 Å². The molecule has 4 aromatic heterocycles. The lowest BCUT2D eigenvalue weighted by Gasteiger charge is -2.36. The number of para-hydroxylation sites is 8. The van der Waals surface area contributed by atoms with Crippen LogP contribution in [0.1, 0.15) is 49.9 Å². The summed E-state index contributed by atoms with van der Waals surface area (Å²) in [6.45, 7) is 8.99. The Labute approximate surface area is 535 Å². The van der Waals surface area contributed by atoms with Crippen molar-refractivity contribution < 1.29 is 0 Å². The van der Waals surface area contributed by atoms with E-state index in [0.29, 0.717) is 0 Å². The lowest BCUT2D eigenvalue weighted by molar-refractivity contribution is 1.10. The molecule has 0 radical (unpaired) electrons. The number of pyridine rings is 4. The van der Waals surface area contributed by atoms with Crippen LogP contribution in [0, 0.1) is 0 Å². The van der Waals surface area contributed by atoms with Gasteiger partial charge in [-0.2, -0.15) is 0 Å². The van der Waals surface area contributed by atoms with E-state index in [9.17, 15) is 0 Å². The van der Waals surface area contributed by atoms with Gasteiger partial charge < -0.3 is 19.6 Å². The summed E-state index contributed by atoms with van der Waals surface area (Å²) in [6.07, 6.45) is 11.4. The van der Waals surface area contributed by atoms with Crippen molar-refractivity contribution in [3.05, 3.63) is 302 Å². The van der Waals surface area contributed by atoms with Crippen molar-refractivity contribution in [1.82, 2.24) is 19.9 Å². The lowest BCUT2D eigenvalue weighted by atomic mass is 9.88. The van der Waals surface area contributed by atoms with Crippen molar-refractivity contribution in [2.24, 2.45) is 0 Å². The summed E-state index contributed by atoms with van der Waals surface area (Å²) in [6, 6.07) is 93.0. The Morgan fingerprint density at radius 1 is 0.228 bits per heavy atom. The lowest BCUT2D eigenvalue weighted by Crippen LogP contribution is -2.18. The largest absolute Gasteiger partial charge is 0.309 e. The molecule has 0 atom stereocenters. The van der Waals surface area contributed by atoms with Gasteiger partial charge in [0.2, 0.25) is 0 Å². The van der Waals surface area contributed by atoms with E-state index in [2.05, 4.69) is 327 Å². The molecule has 0 aliphatic carbocycles. The molecule has 0 amide bonds. The Bertz CT molecular complexity index is 4760. The van der Waals surface area contributed by atoms with Gasteiger partial charge in [0.25, 0.3) is 0 Å². The molecule has 0 saturated heterocycles. The van der Waals surface area contributed by atoms with Crippen LogP contribution in [-0.2, 0) is 25.7 Å². The first kappa shape index (κ1) is 55.8. The molecule has 0 fully saturated rings. The SMILES string of the molecule is CCc1cnc2ccccc2c1N(c1ccccc1)c1cc(N(c2ccccc2)c2c(CC)cnc3ccccc23)c2ccc3c(N(c4ccccc4)c4c(CC)cnc5ccccc45)cc(N(c4ccccc4)c4c(CC)cnc5ccccc45)c4ccc1c2c43. The van der Waals surface area contributed by atoms with Crippen molar-refractivity contribution in [1.29, 1.82) is 0 Å². The molecular weight excluding hydrogens is 1120 g/mol. The van der Waals surface area contributed by atoms with Gasteiger partial charge in [-0.3, -0.25) is 19.9 Å². The third-order valence-electron chi connectivity index (χ3n) is 18.5. The summed E-state index contributed by atoms with van der Waals surface area (Å²) in [7, 11) is 0. The molecule has 16 aromatic rings. The second-order valence-corrected chi connectivity index (χ2v) is 23.6. The fourth-order valence-electron chi connectivity index (χ4n) is 14.3. The van der Waals surface area contributed by atoms with Crippen LogP contribution in [0.2, 0.25) is 0 Å². The normalized spacial score (nSPS) is 11.7. The zero-order valence-corrected chi connectivity index (χ0v) is 52.0. The van der Waals surface area contributed by atoms with E-state index in [1.807, 2.05) is 0 Å². The zero-order chi connectivity index (χ0) is 61.8. The smallest absolute Gasteiger partial charge is 0.0723 e. The van der Waals surface area contributed by atoms with Crippen LogP contribution in [0.15, 0.2) is 280 Å². The van der Waals surface area contributed by atoms with E-state index in [-0.39, 0.29) is 0 Å². The highest BCUT2D eigenvalue weighted by Crippen LogP contribution is 2.57. The number of aromatic nitrogens is 4. The fraction of sp³-hybridized carbons (Fsp3) is 0.0952. The first-order valence-electron chi connectivity index (χ1n) is 32.2. The first-order valence-corrected chi connectivity index (χ1v) is 32.2. The number of anilines is 12. The van der Waals surface area contributed by atoms with Gasteiger partial charge in [-0.25, -0.2) is 0 Å². The number of fused-ring (bicyclic) bond motifs is 4. The van der Waals surface area contributed by atoms with Crippen molar-refractivity contribution in [2.75, 3.05) is 19.6 Å². The molecule has 0 aliphatic heterocycles. The van der Waals surface area contributed by atoms with Gasteiger partial charge in [0.15, 0.2) is 0 Å². The van der Waals surface area contributed by atoms with Crippen LogP contribution in [-0.4, -0.2) is 19.9 Å². The Morgan fingerprint density at radius 2 is 0.435 bits per heavy atom. The van der Waals surface area contributed by atoms with Gasteiger partial charge in [0.05, 0.1) is 67.6 Å². The molecule has 8 heteroatoms. The molecule has 8 nitrogen and oxygen atoms in total. The van der Waals surface area contributed by atoms with Crippen LogP contribution in [0.5, 0.6) is 0 Å². The van der Waals surface area contributed by atoms with Gasteiger partial charge in [-0.15, -0.1) is 0 Å². The standard InChI is InChI=1S/C84H66N8/c1-5-55-51-85-71-41-25-21-37-63(71)81(55)89(59-29-13-9-14-30-59)75-49-76(90(60-31-15-10-16-32-60)82-56(6-2)52-86-72-42-26-22-38-64(72)82)68-47-48-70-78(92(62-35-19-12-20-36-62)84-58(8-4)54-88-74-44-28-24-40-66(74)84)50-77(69-46-45-67(75)79(68)80(69)70)91(61-33-17-11-18-34-61)83-57(7-3)53-87-73-43-27-23-39-65(73)83/h9-54H,5-8H2,1-4H3. The molecule has 0 saturated carbocycles. The van der Waals surface area contributed by atoms with Gasteiger partial charge in [-0.1, -0.05) is 198 Å². The van der Waals surface area contributed by atoms with E-state index in [1.54, 1.807) is 0 Å². The molecule has 0 unspecified atom stereocenters. The minimum absolute atomic E-state index is 0.762. The molecule has 0 bridgehead atoms. The molecule has 0 aliphatic rings. The van der Waals surface area contributed by atoms with Crippen molar-refractivity contribution >= 4 is 144 Å². The summed E-state index contributed by atoms with van der Waals surface area (Å²) in [5.74, 6) is 0. The van der Waals surface area contributed by atoms with Crippen LogP contribution in [0.25, 0.3) is 75.9 Å². The average Bonchev–Trinajstić information content (AvgIpc) is 0.699. The predicted molar refractivity (Wildman–Crippen MR) is 388 cm³/mol. The summed E-state index contributed by atoms with van der Waals surface area (Å²) in [5.41, 5.74) is 21.0. The molecule has 442 valence electrons. The number of benzene rings is 12. The minimum Gasteiger partial charge on any atom is -0.309 e. The Hall–Kier alpha value is -11.5. The van der Waals surface area contributed by atoms with Crippen molar-refractivity contribution in [2.45, 2.75) is 53.4 Å². The molecule has 4 heterocycles. The second-order valence-electron chi connectivity index (χ2n) is 23.6. The molecular formula is C84H66N8. The summed E-state index contributed by atoms with van der Waals surface area (Å²) < 4.78 is 0. The van der Waals surface area contributed by atoms with Gasteiger partial charge in [-0.05, 0) is 133 Å². The number of hydrogen-bond donors (Lipinski definition) is 0. The van der Waals surface area contributed by atoms with Crippen molar-refractivity contribution in [3.63, 3.8) is 0 Å². The van der Waals surface area contributed by atoms with E-state index in [0.717, 1.165) is 192 Å². The number of hydrogen-bond acceptors (Lipinski definition) is 8. The van der Waals surface area contributed by atoms with Gasteiger partial charge >= 0.3 is 0 Å². The molecule has 0 N–H and O–H groups in total. The highest BCUT2D eigenvalue weighted by molar-refractivity contribution is 6.34. The predicted octanol–water partition coefficient (Wildman–Crippen LogP) is 22.9. The van der Waals surface area contributed by atoms with Crippen LogP contribution in [0.3, 0.4) is 0 Å². The monoisotopic (exact) mass is 1190 g/mol. The van der Waals surface area contributed by atoms with E-state index < -0.39 is 0 Å². The zero-order valence-electron chi connectivity index (χ0n) is 52.0. The second kappa shape index (κ2) is 23.5. The van der Waals surface area contributed by atoms with Gasteiger partial charge in [0.1, 0.15) is 0 Å². The summed E-state index contributed by atoms with van der Waals surface area (Å²) in [4.78, 5) is 30.7. The Morgan fingerprint density at radius 3 is 0.652 bits per heavy atom. The topological polar surface area (TPSA) is 64.5 Å². The fourth-order valence-corrected chi connectivity index (χ4v) is 14.3. The summed E-state index contributed by atoms with van der Waals surface area (Å²) >= 11 is 0. The first-order chi connectivity index (χ1) is 45.5. The number of nitrogens with zero attached hydrogens (tertiary/aromatic N) is 8. The number of aryl methyl sites for hydroxylation is 4. The van der Waals surface area contributed by atoms with E-state index >= 15 is 0 Å².